The minimum Gasteiger partial charge on any atom is -0.385 e. The lowest BCUT2D eigenvalue weighted by molar-refractivity contribution is 0.0434. The molecule has 4 heteroatoms. The highest BCUT2D eigenvalue weighted by molar-refractivity contribution is 4.56. The zero-order valence-electron chi connectivity index (χ0n) is 9.54. The van der Waals surface area contributed by atoms with Crippen LogP contribution >= 0.6 is 0 Å². The molecule has 0 heterocycles. The number of nitrogens with one attached hydrogen (secondary N) is 1. The van der Waals surface area contributed by atoms with Crippen LogP contribution in [0.3, 0.4) is 0 Å². The Balaban J connectivity index is 3.40. The first-order valence-corrected chi connectivity index (χ1v) is 5.05. The van der Waals surface area contributed by atoms with Gasteiger partial charge in [0.1, 0.15) is 0 Å². The summed E-state index contributed by atoms with van der Waals surface area (Å²) >= 11 is 0. The van der Waals surface area contributed by atoms with E-state index in [0.29, 0.717) is 5.92 Å². The Morgan fingerprint density at radius 3 is 2.43 bits per heavy atom. The Morgan fingerprint density at radius 2 is 1.86 bits per heavy atom. The quantitative estimate of drug-likeness (QED) is 0.528. The number of hydrogen-bond donors (Lipinski definition) is 1. The molecule has 86 valence electrons. The third-order valence-corrected chi connectivity index (χ3v) is 1.98. The molecule has 0 radical (unpaired) electrons. The number of methoxy groups -OCH3 is 2. The summed E-state index contributed by atoms with van der Waals surface area (Å²) in [5.41, 5.74) is 0. The number of rotatable bonds is 10. The van der Waals surface area contributed by atoms with Crippen molar-refractivity contribution < 1.29 is 14.2 Å². The summed E-state index contributed by atoms with van der Waals surface area (Å²) < 4.78 is 15.6. The minimum atomic E-state index is 0.441. The Labute approximate surface area is 86.9 Å². The van der Waals surface area contributed by atoms with E-state index in [1.807, 2.05) is 7.05 Å². The molecule has 4 nitrogen and oxygen atoms in total. The summed E-state index contributed by atoms with van der Waals surface area (Å²) in [4.78, 5) is 0. The van der Waals surface area contributed by atoms with Crippen molar-refractivity contribution in [1.29, 1.82) is 0 Å². The lowest BCUT2D eigenvalue weighted by atomic mass is 10.1. The Kier molecular flexibility index (Phi) is 10.8. The van der Waals surface area contributed by atoms with E-state index >= 15 is 0 Å². The first kappa shape index (κ1) is 13.8. The average Bonchev–Trinajstić information content (AvgIpc) is 2.20. The zero-order chi connectivity index (χ0) is 10.6. The number of likely N-dealkylation sites (N-methyl/N-ethyl adjacent to an activating group) is 1. The van der Waals surface area contributed by atoms with Gasteiger partial charge in [-0.2, -0.15) is 0 Å². The summed E-state index contributed by atoms with van der Waals surface area (Å²) in [6.45, 7) is 3.90. The fourth-order valence-corrected chi connectivity index (χ4v) is 1.16. The monoisotopic (exact) mass is 205 g/mol. The van der Waals surface area contributed by atoms with E-state index < -0.39 is 0 Å². The Bertz CT molecular complexity index is 112. The van der Waals surface area contributed by atoms with Crippen LogP contribution in [0.1, 0.15) is 6.42 Å². The maximum absolute atomic E-state index is 5.49. The van der Waals surface area contributed by atoms with Crippen molar-refractivity contribution in [3.8, 4) is 0 Å². The smallest absolute Gasteiger partial charge is 0.0590 e. The predicted molar refractivity (Wildman–Crippen MR) is 56.6 cm³/mol. The molecular formula is C10H23NO3. The van der Waals surface area contributed by atoms with Gasteiger partial charge >= 0.3 is 0 Å². The van der Waals surface area contributed by atoms with Gasteiger partial charge in [0.05, 0.1) is 19.8 Å². The molecule has 1 atom stereocenters. The van der Waals surface area contributed by atoms with Crippen LogP contribution in [-0.4, -0.2) is 54.2 Å². The van der Waals surface area contributed by atoms with Crippen molar-refractivity contribution in [3.63, 3.8) is 0 Å². The Morgan fingerprint density at radius 1 is 1.07 bits per heavy atom. The molecule has 0 aliphatic heterocycles. The van der Waals surface area contributed by atoms with Gasteiger partial charge < -0.3 is 19.5 Å². The summed E-state index contributed by atoms with van der Waals surface area (Å²) in [6.07, 6.45) is 0.990. The van der Waals surface area contributed by atoms with Gasteiger partial charge in [-0.25, -0.2) is 0 Å². The largest absolute Gasteiger partial charge is 0.385 e. The van der Waals surface area contributed by atoms with Crippen molar-refractivity contribution >= 4 is 0 Å². The van der Waals surface area contributed by atoms with Crippen molar-refractivity contribution in [2.75, 3.05) is 54.2 Å². The van der Waals surface area contributed by atoms with Crippen LogP contribution in [0.25, 0.3) is 0 Å². The van der Waals surface area contributed by atoms with Gasteiger partial charge in [0.15, 0.2) is 0 Å². The molecule has 0 fully saturated rings. The van der Waals surface area contributed by atoms with E-state index in [2.05, 4.69) is 5.32 Å². The molecule has 0 saturated heterocycles. The molecule has 0 bridgehead atoms. The standard InChI is InChI=1S/C10H23NO3/c1-11-5-7-14-9-10(8-13-3)4-6-12-2/h10-11H,4-9H2,1-3H3. The van der Waals surface area contributed by atoms with Gasteiger partial charge in [0.2, 0.25) is 0 Å². The van der Waals surface area contributed by atoms with Crippen molar-refractivity contribution in [1.82, 2.24) is 5.32 Å². The predicted octanol–water partition coefficient (Wildman–Crippen LogP) is 0.521. The minimum absolute atomic E-state index is 0.441. The molecule has 0 aromatic heterocycles. The van der Waals surface area contributed by atoms with Crippen molar-refractivity contribution in [2.45, 2.75) is 6.42 Å². The lowest BCUT2D eigenvalue weighted by Gasteiger charge is -2.15. The van der Waals surface area contributed by atoms with Gasteiger partial charge in [-0.15, -0.1) is 0 Å². The first-order chi connectivity index (χ1) is 6.85. The molecule has 1 N–H and O–H groups in total. The fraction of sp³-hybridized carbons (Fsp3) is 1.00. The van der Waals surface area contributed by atoms with Gasteiger partial charge in [-0.3, -0.25) is 0 Å². The Hall–Kier alpha value is -0.160. The fourth-order valence-electron chi connectivity index (χ4n) is 1.16. The molecule has 0 amide bonds. The molecule has 0 spiro atoms. The normalized spacial score (nSPS) is 13.1. The van der Waals surface area contributed by atoms with Crippen LogP contribution in [0.5, 0.6) is 0 Å². The highest BCUT2D eigenvalue weighted by atomic mass is 16.5. The van der Waals surface area contributed by atoms with E-state index in [0.717, 1.165) is 39.4 Å². The molecule has 14 heavy (non-hydrogen) atoms. The second kappa shape index (κ2) is 10.9. The number of ether oxygens (including phenoxy) is 3. The maximum atomic E-state index is 5.49. The van der Waals surface area contributed by atoms with Gasteiger partial charge in [-0.05, 0) is 13.5 Å². The first-order valence-electron chi connectivity index (χ1n) is 5.05. The van der Waals surface area contributed by atoms with Crippen LogP contribution < -0.4 is 5.32 Å². The van der Waals surface area contributed by atoms with Crippen molar-refractivity contribution in [3.05, 3.63) is 0 Å². The van der Waals surface area contributed by atoms with Gasteiger partial charge in [-0.1, -0.05) is 0 Å². The third-order valence-electron chi connectivity index (χ3n) is 1.98. The molecule has 0 aliphatic carbocycles. The second-order valence-corrected chi connectivity index (χ2v) is 3.28. The molecule has 0 aliphatic rings. The van der Waals surface area contributed by atoms with Crippen LogP contribution in [0.15, 0.2) is 0 Å². The van der Waals surface area contributed by atoms with Crippen LogP contribution in [-0.2, 0) is 14.2 Å². The van der Waals surface area contributed by atoms with Crippen LogP contribution in [0.2, 0.25) is 0 Å². The topological polar surface area (TPSA) is 39.7 Å². The van der Waals surface area contributed by atoms with E-state index in [1.165, 1.54) is 0 Å². The molecule has 1 unspecified atom stereocenters. The maximum Gasteiger partial charge on any atom is 0.0590 e. The van der Waals surface area contributed by atoms with Crippen LogP contribution in [0.4, 0.5) is 0 Å². The highest BCUT2D eigenvalue weighted by Gasteiger charge is 2.08. The third kappa shape index (κ3) is 8.44. The SMILES string of the molecule is CNCCOCC(CCOC)COC. The number of hydrogen-bond acceptors (Lipinski definition) is 4. The molecule has 0 aromatic rings. The second-order valence-electron chi connectivity index (χ2n) is 3.28. The lowest BCUT2D eigenvalue weighted by Crippen LogP contribution is -2.21. The van der Waals surface area contributed by atoms with E-state index in [1.54, 1.807) is 14.2 Å². The molecule has 0 saturated carbocycles. The van der Waals surface area contributed by atoms with E-state index in [4.69, 9.17) is 14.2 Å². The summed E-state index contributed by atoms with van der Waals surface area (Å²) in [6, 6.07) is 0. The van der Waals surface area contributed by atoms with E-state index in [-0.39, 0.29) is 0 Å². The summed E-state index contributed by atoms with van der Waals surface area (Å²) in [5.74, 6) is 0.441. The molecule has 0 aromatic carbocycles. The average molecular weight is 205 g/mol. The zero-order valence-corrected chi connectivity index (χ0v) is 9.54. The van der Waals surface area contributed by atoms with E-state index in [9.17, 15) is 0 Å². The molecular weight excluding hydrogens is 182 g/mol. The van der Waals surface area contributed by atoms with Crippen LogP contribution in [0, 0.1) is 5.92 Å². The molecule has 0 rings (SSSR count). The van der Waals surface area contributed by atoms with Gasteiger partial charge in [0.25, 0.3) is 0 Å². The summed E-state index contributed by atoms with van der Waals surface area (Å²) in [5, 5.41) is 3.04. The van der Waals surface area contributed by atoms with Crippen molar-refractivity contribution in [2.24, 2.45) is 5.92 Å². The summed E-state index contributed by atoms with van der Waals surface area (Å²) in [7, 11) is 5.35. The highest BCUT2D eigenvalue weighted by Crippen LogP contribution is 2.04. The van der Waals surface area contributed by atoms with Gasteiger partial charge in [0, 0.05) is 33.3 Å².